The van der Waals surface area contributed by atoms with Crippen molar-refractivity contribution in [3.63, 3.8) is 0 Å². The van der Waals surface area contributed by atoms with Crippen LogP contribution in [0.5, 0.6) is 0 Å². The van der Waals surface area contributed by atoms with E-state index in [1.54, 1.807) is 24.8 Å². The highest BCUT2D eigenvalue weighted by Gasteiger charge is 2.26. The number of nitrogens with zero attached hydrogens (tertiary/aromatic N) is 4. The molecule has 0 atom stereocenters. The Morgan fingerprint density at radius 3 is 2.44 bits per heavy atom. The SMILES string of the molecule is C=C(O)/C(=C(F)\C=C/C)c1c(Cl)cc2c(N3CCN(C(=O)/C=C/C)CC3)ncnc2c1F. The zero-order valence-electron chi connectivity index (χ0n) is 17.8. The number of aliphatic hydroxyl groups excluding tert-OH is 1. The van der Waals surface area contributed by atoms with Crippen molar-refractivity contribution < 1.29 is 18.7 Å². The summed E-state index contributed by atoms with van der Waals surface area (Å²) >= 11 is 6.35. The highest BCUT2D eigenvalue weighted by Crippen LogP contribution is 2.38. The molecule has 1 amide bonds. The largest absolute Gasteiger partial charge is 0.508 e. The van der Waals surface area contributed by atoms with Gasteiger partial charge in [-0.1, -0.05) is 30.3 Å². The van der Waals surface area contributed by atoms with Gasteiger partial charge in [-0.15, -0.1) is 0 Å². The van der Waals surface area contributed by atoms with Crippen molar-refractivity contribution in [2.24, 2.45) is 0 Å². The first-order valence-electron chi connectivity index (χ1n) is 10.0. The Morgan fingerprint density at radius 2 is 1.84 bits per heavy atom. The van der Waals surface area contributed by atoms with Gasteiger partial charge in [0.2, 0.25) is 5.91 Å². The smallest absolute Gasteiger partial charge is 0.246 e. The van der Waals surface area contributed by atoms with Crippen LogP contribution in [-0.2, 0) is 4.79 Å². The van der Waals surface area contributed by atoms with Gasteiger partial charge in [0.15, 0.2) is 5.82 Å². The molecular formula is C23H23ClF2N4O2. The van der Waals surface area contributed by atoms with Crippen LogP contribution >= 0.6 is 11.6 Å². The number of piperazine rings is 1. The first-order valence-corrected chi connectivity index (χ1v) is 10.4. The fraction of sp³-hybridized carbons (Fsp3) is 0.261. The second-order valence-corrected chi connectivity index (χ2v) is 7.53. The van der Waals surface area contributed by atoms with Crippen LogP contribution < -0.4 is 4.90 Å². The van der Waals surface area contributed by atoms with Crippen LogP contribution in [-0.4, -0.2) is 52.1 Å². The van der Waals surface area contributed by atoms with Crippen LogP contribution in [0.3, 0.4) is 0 Å². The summed E-state index contributed by atoms with van der Waals surface area (Å²) < 4.78 is 30.1. The summed E-state index contributed by atoms with van der Waals surface area (Å²) in [5, 5.41) is 10.2. The molecule has 1 aromatic heterocycles. The van der Waals surface area contributed by atoms with Crippen molar-refractivity contribution in [3.05, 3.63) is 71.3 Å². The molecule has 32 heavy (non-hydrogen) atoms. The number of rotatable bonds is 5. The predicted molar refractivity (Wildman–Crippen MR) is 123 cm³/mol. The summed E-state index contributed by atoms with van der Waals surface area (Å²) in [6.45, 7) is 8.65. The lowest BCUT2D eigenvalue weighted by Crippen LogP contribution is -2.48. The summed E-state index contributed by atoms with van der Waals surface area (Å²) in [6, 6.07) is 1.45. The monoisotopic (exact) mass is 460 g/mol. The Hall–Kier alpha value is -3.26. The molecule has 1 aliphatic rings. The maximum atomic E-state index is 15.5. The lowest BCUT2D eigenvalue weighted by atomic mass is 10.00. The molecule has 0 spiro atoms. The van der Waals surface area contributed by atoms with Crippen molar-refractivity contribution in [2.45, 2.75) is 13.8 Å². The van der Waals surface area contributed by atoms with E-state index in [2.05, 4.69) is 16.5 Å². The van der Waals surface area contributed by atoms with Crippen molar-refractivity contribution in [1.82, 2.24) is 14.9 Å². The number of hydrogen-bond acceptors (Lipinski definition) is 5. The molecule has 0 unspecified atom stereocenters. The summed E-state index contributed by atoms with van der Waals surface area (Å²) in [6.07, 6.45) is 6.91. The summed E-state index contributed by atoms with van der Waals surface area (Å²) in [7, 11) is 0. The highest BCUT2D eigenvalue weighted by atomic mass is 35.5. The first kappa shape index (κ1) is 23.4. The molecule has 2 aromatic rings. The van der Waals surface area contributed by atoms with E-state index in [1.807, 2.05) is 4.90 Å². The lowest BCUT2D eigenvalue weighted by Gasteiger charge is -2.35. The van der Waals surface area contributed by atoms with Crippen molar-refractivity contribution in [3.8, 4) is 0 Å². The summed E-state index contributed by atoms with van der Waals surface area (Å²) in [5.41, 5.74) is -0.827. The number of hydrogen-bond donors (Lipinski definition) is 1. The topological polar surface area (TPSA) is 69.6 Å². The molecule has 1 fully saturated rings. The van der Waals surface area contributed by atoms with Gasteiger partial charge >= 0.3 is 0 Å². The molecular weight excluding hydrogens is 438 g/mol. The zero-order valence-corrected chi connectivity index (χ0v) is 18.5. The van der Waals surface area contributed by atoms with Gasteiger partial charge in [0, 0.05) is 37.1 Å². The van der Waals surface area contributed by atoms with Gasteiger partial charge in [0.25, 0.3) is 0 Å². The normalized spacial score (nSPS) is 15.7. The van der Waals surface area contributed by atoms with Crippen molar-refractivity contribution in [1.29, 1.82) is 0 Å². The molecule has 0 saturated carbocycles. The molecule has 168 valence electrons. The van der Waals surface area contributed by atoms with Crippen LogP contribution in [0.4, 0.5) is 14.6 Å². The van der Waals surface area contributed by atoms with Gasteiger partial charge in [-0.3, -0.25) is 4.79 Å². The van der Waals surface area contributed by atoms with Crippen LogP contribution in [0.2, 0.25) is 5.02 Å². The Kier molecular flexibility index (Phi) is 7.25. The Labute approximate surface area is 189 Å². The fourth-order valence-corrected chi connectivity index (χ4v) is 3.90. The quantitative estimate of drug-likeness (QED) is 0.387. The summed E-state index contributed by atoms with van der Waals surface area (Å²) in [5.74, 6) is -2.02. The highest BCUT2D eigenvalue weighted by molar-refractivity contribution is 6.33. The number of aliphatic hydroxyl groups is 1. The zero-order chi connectivity index (χ0) is 23.4. The number of benzene rings is 1. The molecule has 1 N–H and O–H groups in total. The number of allylic oxidation sites excluding steroid dienone is 5. The Morgan fingerprint density at radius 1 is 1.19 bits per heavy atom. The number of amides is 1. The number of aromatic nitrogens is 2. The van der Waals surface area contributed by atoms with Gasteiger partial charge in [-0.05, 0) is 32.1 Å². The van der Waals surface area contributed by atoms with Crippen LogP contribution in [0.25, 0.3) is 16.5 Å². The minimum absolute atomic E-state index is 0.0612. The van der Waals surface area contributed by atoms with E-state index in [-0.39, 0.29) is 22.0 Å². The molecule has 0 aliphatic carbocycles. The Balaban J connectivity index is 2.06. The molecule has 1 saturated heterocycles. The van der Waals surface area contributed by atoms with Gasteiger partial charge in [-0.2, -0.15) is 0 Å². The van der Waals surface area contributed by atoms with Crippen LogP contribution in [0.15, 0.2) is 54.9 Å². The van der Waals surface area contributed by atoms with E-state index in [0.717, 1.165) is 6.08 Å². The van der Waals surface area contributed by atoms with E-state index < -0.39 is 23.0 Å². The van der Waals surface area contributed by atoms with Crippen molar-refractivity contribution in [2.75, 3.05) is 31.1 Å². The number of fused-ring (bicyclic) bond motifs is 1. The fourth-order valence-electron chi connectivity index (χ4n) is 3.62. The van der Waals surface area contributed by atoms with E-state index in [1.165, 1.54) is 24.5 Å². The van der Waals surface area contributed by atoms with Gasteiger partial charge in [-0.25, -0.2) is 18.7 Å². The minimum Gasteiger partial charge on any atom is -0.508 e. The molecule has 3 rings (SSSR count). The predicted octanol–water partition coefficient (Wildman–Crippen LogP) is 4.98. The van der Waals surface area contributed by atoms with Crippen LogP contribution in [0, 0.1) is 5.82 Å². The Bertz CT molecular complexity index is 1150. The second-order valence-electron chi connectivity index (χ2n) is 7.12. The molecule has 1 aromatic carbocycles. The number of carbonyl (C=O) groups excluding carboxylic acids is 1. The average Bonchev–Trinajstić information content (AvgIpc) is 2.76. The second kappa shape index (κ2) is 9.91. The number of halogens is 3. The number of anilines is 1. The third kappa shape index (κ3) is 4.50. The van der Waals surface area contributed by atoms with Gasteiger partial charge in [0.1, 0.15) is 29.2 Å². The molecule has 0 bridgehead atoms. The van der Waals surface area contributed by atoms with E-state index in [4.69, 9.17) is 11.6 Å². The standard InChI is InChI=1S/C23H23ClF2N4O2/c1-4-6-17(25)19(14(3)31)20-16(24)12-15-22(21(20)26)27-13-28-23(15)30-10-8-29(9-11-30)18(32)7-5-2/h4-7,12-13,31H,3,8-11H2,1-2H3/b6-4-,7-5+,19-17-. The van der Waals surface area contributed by atoms with E-state index in [0.29, 0.717) is 37.4 Å². The third-order valence-corrected chi connectivity index (χ3v) is 5.39. The molecule has 2 heterocycles. The summed E-state index contributed by atoms with van der Waals surface area (Å²) in [4.78, 5) is 24.0. The minimum atomic E-state index is -0.886. The van der Waals surface area contributed by atoms with E-state index >= 15 is 4.39 Å². The molecule has 6 nitrogen and oxygen atoms in total. The van der Waals surface area contributed by atoms with Gasteiger partial charge in [0.05, 0.1) is 10.6 Å². The maximum Gasteiger partial charge on any atom is 0.246 e. The van der Waals surface area contributed by atoms with E-state index in [9.17, 15) is 14.3 Å². The lowest BCUT2D eigenvalue weighted by molar-refractivity contribution is -0.126. The average molecular weight is 461 g/mol. The third-order valence-electron chi connectivity index (χ3n) is 5.09. The molecule has 0 radical (unpaired) electrons. The number of carbonyl (C=O) groups is 1. The first-order chi connectivity index (χ1) is 15.3. The van der Waals surface area contributed by atoms with Crippen LogP contribution in [0.1, 0.15) is 19.4 Å². The molecule has 9 heteroatoms. The van der Waals surface area contributed by atoms with Gasteiger partial charge < -0.3 is 14.9 Å². The maximum absolute atomic E-state index is 15.5. The molecule has 1 aliphatic heterocycles. The van der Waals surface area contributed by atoms with Crippen molar-refractivity contribution >= 4 is 39.8 Å².